The average Bonchev–Trinajstić information content (AvgIpc) is 2.46. The van der Waals surface area contributed by atoms with Gasteiger partial charge >= 0.3 is 0 Å². The number of fused-ring (bicyclic) bond motifs is 1. The average molecular weight is 282 g/mol. The molecule has 2 nitrogen and oxygen atoms in total. The van der Waals surface area contributed by atoms with Gasteiger partial charge in [0.1, 0.15) is 0 Å². The third-order valence-electron chi connectivity index (χ3n) is 5.25. The third-order valence-corrected chi connectivity index (χ3v) is 5.25. The van der Waals surface area contributed by atoms with Crippen LogP contribution in [0.25, 0.3) is 10.8 Å². The van der Waals surface area contributed by atoms with Crippen LogP contribution < -0.4 is 5.73 Å². The zero-order valence-electron chi connectivity index (χ0n) is 13.3. The second-order valence-electron chi connectivity index (χ2n) is 7.59. The molecule has 0 saturated heterocycles. The largest absolute Gasteiger partial charge is 0.327 e. The molecule has 1 heterocycles. The summed E-state index contributed by atoms with van der Waals surface area (Å²) in [7, 11) is 0. The number of aromatic nitrogens is 1. The fourth-order valence-corrected chi connectivity index (χ4v) is 3.80. The SMILES string of the molecule is CC(C)(C)C1CCC(N)C(c2cccc3ccncc23)C1. The predicted molar refractivity (Wildman–Crippen MR) is 89.3 cm³/mol. The summed E-state index contributed by atoms with van der Waals surface area (Å²) in [6.45, 7) is 7.07. The fourth-order valence-electron chi connectivity index (χ4n) is 3.80. The number of hydrogen-bond donors (Lipinski definition) is 1. The molecular formula is C19H26N2. The van der Waals surface area contributed by atoms with E-state index in [2.05, 4.69) is 50.0 Å². The number of nitrogens with two attached hydrogens (primary N) is 1. The van der Waals surface area contributed by atoms with Gasteiger partial charge in [0.25, 0.3) is 0 Å². The fraction of sp³-hybridized carbons (Fsp3) is 0.526. The summed E-state index contributed by atoms with van der Waals surface area (Å²) >= 11 is 0. The van der Waals surface area contributed by atoms with Gasteiger partial charge < -0.3 is 5.73 Å². The maximum Gasteiger partial charge on any atom is 0.0349 e. The van der Waals surface area contributed by atoms with Crippen molar-refractivity contribution in [2.45, 2.75) is 52.0 Å². The number of benzene rings is 1. The molecule has 1 aliphatic rings. The van der Waals surface area contributed by atoms with Crippen molar-refractivity contribution in [3.63, 3.8) is 0 Å². The second-order valence-corrected chi connectivity index (χ2v) is 7.59. The van der Waals surface area contributed by atoms with E-state index in [1.807, 2.05) is 12.4 Å². The summed E-state index contributed by atoms with van der Waals surface area (Å²) in [6, 6.07) is 8.93. The topological polar surface area (TPSA) is 38.9 Å². The Hall–Kier alpha value is -1.41. The van der Waals surface area contributed by atoms with E-state index in [0.29, 0.717) is 11.3 Å². The normalized spacial score (nSPS) is 27.0. The maximum absolute atomic E-state index is 6.49. The van der Waals surface area contributed by atoms with Gasteiger partial charge in [-0.25, -0.2) is 0 Å². The molecule has 1 aliphatic carbocycles. The first kappa shape index (κ1) is 14.5. The summed E-state index contributed by atoms with van der Waals surface area (Å²) in [4.78, 5) is 4.32. The third kappa shape index (κ3) is 2.82. The zero-order valence-corrected chi connectivity index (χ0v) is 13.3. The Labute approximate surface area is 127 Å². The zero-order chi connectivity index (χ0) is 15.0. The van der Waals surface area contributed by atoms with Crippen molar-refractivity contribution in [3.05, 3.63) is 42.2 Å². The van der Waals surface area contributed by atoms with Crippen LogP contribution in [-0.2, 0) is 0 Å². The molecule has 2 heteroatoms. The standard InChI is InChI=1S/C19H26N2/c1-19(2,3)14-7-8-18(20)16(11-14)15-6-4-5-13-9-10-21-12-17(13)15/h4-6,9-10,12,14,16,18H,7-8,11,20H2,1-3H3. The van der Waals surface area contributed by atoms with Gasteiger partial charge in [0.2, 0.25) is 0 Å². The molecule has 1 aromatic heterocycles. The number of rotatable bonds is 1. The van der Waals surface area contributed by atoms with Crippen LogP contribution in [0.15, 0.2) is 36.7 Å². The Bertz CT molecular complexity index is 621. The molecule has 0 radical (unpaired) electrons. The van der Waals surface area contributed by atoms with Gasteiger partial charge in [0.05, 0.1) is 0 Å². The Morgan fingerprint density at radius 2 is 1.95 bits per heavy atom. The van der Waals surface area contributed by atoms with Crippen LogP contribution >= 0.6 is 0 Å². The molecule has 0 amide bonds. The molecule has 112 valence electrons. The minimum atomic E-state index is 0.273. The summed E-state index contributed by atoms with van der Waals surface area (Å²) in [5.41, 5.74) is 8.24. The van der Waals surface area contributed by atoms with Crippen molar-refractivity contribution in [2.75, 3.05) is 0 Å². The number of pyridine rings is 1. The van der Waals surface area contributed by atoms with Crippen molar-refractivity contribution in [2.24, 2.45) is 17.1 Å². The highest BCUT2D eigenvalue weighted by atomic mass is 14.7. The predicted octanol–water partition coefficient (Wildman–Crippen LogP) is 4.49. The Balaban J connectivity index is 2.00. The van der Waals surface area contributed by atoms with Crippen LogP contribution in [0.4, 0.5) is 0 Å². The van der Waals surface area contributed by atoms with E-state index in [1.54, 1.807) is 0 Å². The molecule has 2 aromatic rings. The van der Waals surface area contributed by atoms with Crippen molar-refractivity contribution >= 4 is 10.8 Å². The minimum absolute atomic E-state index is 0.273. The van der Waals surface area contributed by atoms with Crippen LogP contribution in [0.5, 0.6) is 0 Å². The van der Waals surface area contributed by atoms with Gasteiger partial charge in [-0.3, -0.25) is 4.98 Å². The van der Waals surface area contributed by atoms with E-state index in [4.69, 9.17) is 5.73 Å². The van der Waals surface area contributed by atoms with E-state index < -0.39 is 0 Å². The lowest BCUT2D eigenvalue weighted by Gasteiger charge is -2.41. The molecule has 1 fully saturated rings. The van der Waals surface area contributed by atoms with E-state index in [1.165, 1.54) is 29.2 Å². The van der Waals surface area contributed by atoms with Crippen LogP contribution in [0, 0.1) is 11.3 Å². The van der Waals surface area contributed by atoms with Gasteiger partial charge in [-0.05, 0) is 53.5 Å². The molecule has 0 bridgehead atoms. The Kier molecular flexibility index (Phi) is 3.75. The lowest BCUT2D eigenvalue weighted by atomic mass is 9.66. The van der Waals surface area contributed by atoms with Gasteiger partial charge in [-0.15, -0.1) is 0 Å². The first-order chi connectivity index (χ1) is 9.97. The van der Waals surface area contributed by atoms with E-state index in [9.17, 15) is 0 Å². The van der Waals surface area contributed by atoms with E-state index >= 15 is 0 Å². The lowest BCUT2D eigenvalue weighted by Crippen LogP contribution is -2.38. The van der Waals surface area contributed by atoms with Crippen molar-refractivity contribution in [1.29, 1.82) is 0 Å². The quantitative estimate of drug-likeness (QED) is 0.837. The monoisotopic (exact) mass is 282 g/mol. The Morgan fingerprint density at radius 3 is 2.71 bits per heavy atom. The Morgan fingerprint density at radius 1 is 1.14 bits per heavy atom. The molecule has 0 aliphatic heterocycles. The number of nitrogens with zero attached hydrogens (tertiary/aromatic N) is 1. The van der Waals surface area contributed by atoms with Gasteiger partial charge in [0, 0.05) is 23.8 Å². The smallest absolute Gasteiger partial charge is 0.0349 e. The van der Waals surface area contributed by atoms with Crippen LogP contribution in [0.2, 0.25) is 0 Å². The van der Waals surface area contributed by atoms with E-state index in [0.717, 1.165) is 12.3 Å². The number of hydrogen-bond acceptors (Lipinski definition) is 2. The summed E-state index contributed by atoms with van der Waals surface area (Å²) < 4.78 is 0. The highest BCUT2D eigenvalue weighted by Crippen LogP contribution is 2.44. The molecule has 3 atom stereocenters. The molecule has 0 spiro atoms. The van der Waals surface area contributed by atoms with Crippen molar-refractivity contribution in [1.82, 2.24) is 4.98 Å². The van der Waals surface area contributed by atoms with Crippen molar-refractivity contribution in [3.8, 4) is 0 Å². The molecule has 1 aromatic carbocycles. The van der Waals surface area contributed by atoms with Gasteiger partial charge in [-0.2, -0.15) is 0 Å². The first-order valence-corrected chi connectivity index (χ1v) is 8.05. The highest BCUT2D eigenvalue weighted by Gasteiger charge is 2.35. The van der Waals surface area contributed by atoms with Gasteiger partial charge in [0.15, 0.2) is 0 Å². The molecular weight excluding hydrogens is 256 g/mol. The molecule has 3 unspecified atom stereocenters. The first-order valence-electron chi connectivity index (χ1n) is 8.05. The van der Waals surface area contributed by atoms with Crippen molar-refractivity contribution < 1.29 is 0 Å². The minimum Gasteiger partial charge on any atom is -0.327 e. The molecule has 21 heavy (non-hydrogen) atoms. The summed E-state index contributed by atoms with van der Waals surface area (Å²) in [5, 5.41) is 2.54. The lowest BCUT2D eigenvalue weighted by molar-refractivity contribution is 0.154. The summed E-state index contributed by atoms with van der Waals surface area (Å²) in [5.74, 6) is 1.20. The maximum atomic E-state index is 6.49. The van der Waals surface area contributed by atoms with E-state index in [-0.39, 0.29) is 6.04 Å². The highest BCUT2D eigenvalue weighted by molar-refractivity contribution is 5.85. The molecule has 3 rings (SSSR count). The van der Waals surface area contributed by atoms with Crippen LogP contribution in [0.1, 0.15) is 51.5 Å². The van der Waals surface area contributed by atoms with Crippen LogP contribution in [-0.4, -0.2) is 11.0 Å². The second kappa shape index (κ2) is 5.42. The van der Waals surface area contributed by atoms with Crippen LogP contribution in [0.3, 0.4) is 0 Å². The molecule has 1 saturated carbocycles. The van der Waals surface area contributed by atoms with Gasteiger partial charge in [-0.1, -0.05) is 39.0 Å². The summed E-state index contributed by atoms with van der Waals surface area (Å²) in [6.07, 6.45) is 7.44. The molecule has 2 N–H and O–H groups in total.